The molecule has 0 atom stereocenters. The van der Waals surface area contributed by atoms with Crippen molar-refractivity contribution in [3.63, 3.8) is 0 Å². The van der Waals surface area contributed by atoms with Crippen molar-refractivity contribution in [2.45, 2.75) is 12.8 Å². The van der Waals surface area contributed by atoms with Crippen molar-refractivity contribution in [1.82, 2.24) is 0 Å². The number of hydrogen-bond donors (Lipinski definition) is 1. The van der Waals surface area contributed by atoms with E-state index in [-0.39, 0.29) is 12.0 Å². The van der Waals surface area contributed by atoms with Crippen LogP contribution >= 0.6 is 0 Å². The van der Waals surface area contributed by atoms with Gasteiger partial charge in [-0.15, -0.1) is 13.2 Å². The number of rotatable bonds is 2. The molecule has 1 amide bonds. The minimum Gasteiger partial charge on any atom is -0.403 e. The molecule has 0 unspecified atom stereocenters. The zero-order valence-corrected chi connectivity index (χ0v) is 8.84. The van der Waals surface area contributed by atoms with Crippen molar-refractivity contribution in [1.29, 1.82) is 0 Å². The Balaban J connectivity index is 2.85. The average molecular weight is 261 g/mol. The molecule has 0 aliphatic carbocycles. The summed E-state index contributed by atoms with van der Waals surface area (Å²) in [7, 11) is 0. The van der Waals surface area contributed by atoms with Gasteiger partial charge in [-0.3, -0.25) is 4.79 Å². The number of ether oxygens (including phenoxy) is 1. The van der Waals surface area contributed by atoms with Gasteiger partial charge in [0.1, 0.15) is 0 Å². The molecule has 0 saturated carbocycles. The Morgan fingerprint density at radius 2 is 2.06 bits per heavy atom. The first kappa shape index (κ1) is 13.8. The summed E-state index contributed by atoms with van der Waals surface area (Å²) in [6.45, 7) is 0. The second-order valence-electron chi connectivity index (χ2n) is 3.14. The van der Waals surface area contributed by atoms with Crippen LogP contribution in [0.5, 0.6) is 5.75 Å². The van der Waals surface area contributed by atoms with Gasteiger partial charge in [-0.1, -0.05) is 11.8 Å². The number of nitrogens with two attached hydrogens (primary N) is 1. The van der Waals surface area contributed by atoms with Gasteiger partial charge in [-0.25, -0.2) is 4.39 Å². The Morgan fingerprint density at radius 3 is 2.56 bits per heavy atom. The Kier molecular flexibility index (Phi) is 4.15. The zero-order chi connectivity index (χ0) is 13.8. The number of carbonyl (C=O) groups excluding carboxylic acids is 1. The largest absolute Gasteiger partial charge is 0.573 e. The van der Waals surface area contributed by atoms with Crippen LogP contribution in [-0.4, -0.2) is 12.3 Å². The van der Waals surface area contributed by atoms with Gasteiger partial charge in [0.15, 0.2) is 11.6 Å². The molecule has 18 heavy (non-hydrogen) atoms. The number of amides is 1. The van der Waals surface area contributed by atoms with E-state index in [1.807, 2.05) is 0 Å². The standard InChI is InChI=1S/C11H7F4NO2/c12-8-6-7(2-1-3-10(16)17)4-5-9(8)18-11(13,14)15/h4-6H,3H2,(H2,16,17). The van der Waals surface area contributed by atoms with Crippen molar-refractivity contribution < 1.29 is 27.1 Å². The molecule has 0 fully saturated rings. The summed E-state index contributed by atoms with van der Waals surface area (Å²) in [5.41, 5.74) is 4.93. The lowest BCUT2D eigenvalue weighted by molar-refractivity contribution is -0.275. The predicted octanol–water partition coefficient (Wildman–Crippen LogP) is 1.95. The van der Waals surface area contributed by atoms with Gasteiger partial charge < -0.3 is 10.5 Å². The topological polar surface area (TPSA) is 52.3 Å². The first-order chi connectivity index (χ1) is 8.28. The van der Waals surface area contributed by atoms with Crippen LogP contribution in [0.4, 0.5) is 17.6 Å². The number of carbonyl (C=O) groups is 1. The Bertz CT molecular complexity index is 514. The molecule has 2 N–H and O–H groups in total. The third kappa shape index (κ3) is 4.74. The molecule has 0 aliphatic rings. The van der Waals surface area contributed by atoms with Crippen molar-refractivity contribution in [2.24, 2.45) is 5.73 Å². The molecule has 7 heteroatoms. The van der Waals surface area contributed by atoms with Crippen molar-refractivity contribution in [3.8, 4) is 17.6 Å². The van der Waals surface area contributed by atoms with E-state index >= 15 is 0 Å². The minimum atomic E-state index is -4.96. The van der Waals surface area contributed by atoms with E-state index in [4.69, 9.17) is 5.73 Å². The molecule has 96 valence electrons. The summed E-state index contributed by atoms with van der Waals surface area (Å²) in [4.78, 5) is 10.4. The lowest BCUT2D eigenvalue weighted by Crippen LogP contribution is -2.17. The van der Waals surface area contributed by atoms with Crippen LogP contribution in [0.1, 0.15) is 12.0 Å². The Labute approximate surface area is 99.5 Å². The van der Waals surface area contributed by atoms with E-state index in [0.29, 0.717) is 0 Å². The molecule has 0 bridgehead atoms. The number of alkyl halides is 3. The first-order valence-corrected chi connectivity index (χ1v) is 4.60. The highest BCUT2D eigenvalue weighted by molar-refractivity contribution is 5.76. The highest BCUT2D eigenvalue weighted by Crippen LogP contribution is 2.25. The molecule has 0 saturated heterocycles. The number of hydrogen-bond acceptors (Lipinski definition) is 2. The smallest absolute Gasteiger partial charge is 0.403 e. The zero-order valence-electron chi connectivity index (χ0n) is 8.84. The normalized spacial score (nSPS) is 10.4. The molecule has 1 rings (SSSR count). The third-order valence-electron chi connectivity index (χ3n) is 1.65. The van der Waals surface area contributed by atoms with E-state index in [2.05, 4.69) is 16.6 Å². The maximum absolute atomic E-state index is 13.2. The SMILES string of the molecule is NC(=O)CC#Cc1ccc(OC(F)(F)F)c(F)c1. The highest BCUT2D eigenvalue weighted by atomic mass is 19.4. The highest BCUT2D eigenvalue weighted by Gasteiger charge is 2.32. The van der Waals surface area contributed by atoms with Crippen molar-refractivity contribution in [3.05, 3.63) is 29.6 Å². The van der Waals surface area contributed by atoms with Crippen molar-refractivity contribution >= 4 is 5.91 Å². The summed E-state index contributed by atoms with van der Waals surface area (Å²) < 4.78 is 52.2. The van der Waals surface area contributed by atoms with Crippen LogP contribution in [0.2, 0.25) is 0 Å². The van der Waals surface area contributed by atoms with Gasteiger partial charge in [-0.2, -0.15) is 0 Å². The molecule has 0 heterocycles. The fourth-order valence-corrected chi connectivity index (χ4v) is 1.02. The van der Waals surface area contributed by atoms with Gasteiger partial charge in [0, 0.05) is 5.56 Å². The maximum atomic E-state index is 13.2. The van der Waals surface area contributed by atoms with Crippen LogP contribution in [0.3, 0.4) is 0 Å². The van der Waals surface area contributed by atoms with E-state index < -0.39 is 23.8 Å². The van der Waals surface area contributed by atoms with Gasteiger partial charge in [0.25, 0.3) is 0 Å². The Morgan fingerprint density at radius 1 is 1.39 bits per heavy atom. The van der Waals surface area contributed by atoms with E-state index in [0.717, 1.165) is 18.2 Å². The molecular formula is C11H7F4NO2. The second kappa shape index (κ2) is 5.40. The summed E-state index contributed by atoms with van der Waals surface area (Å²) in [6.07, 6.45) is -5.18. The molecular weight excluding hydrogens is 254 g/mol. The quantitative estimate of drug-likeness (QED) is 0.653. The molecule has 1 aromatic rings. The second-order valence-corrected chi connectivity index (χ2v) is 3.14. The molecule has 1 aromatic carbocycles. The van der Waals surface area contributed by atoms with E-state index in [1.54, 1.807) is 0 Å². The number of halogens is 4. The third-order valence-corrected chi connectivity index (χ3v) is 1.65. The maximum Gasteiger partial charge on any atom is 0.573 e. The Hall–Kier alpha value is -2.23. The predicted molar refractivity (Wildman–Crippen MR) is 53.8 cm³/mol. The van der Waals surface area contributed by atoms with Crippen LogP contribution < -0.4 is 10.5 Å². The van der Waals surface area contributed by atoms with E-state index in [9.17, 15) is 22.4 Å². The van der Waals surface area contributed by atoms with Crippen LogP contribution in [-0.2, 0) is 4.79 Å². The van der Waals surface area contributed by atoms with Crippen molar-refractivity contribution in [2.75, 3.05) is 0 Å². The molecule has 0 aromatic heterocycles. The summed E-state index contributed by atoms with van der Waals surface area (Å²) in [5, 5.41) is 0. The summed E-state index contributed by atoms with van der Waals surface area (Å²) in [5.74, 6) is 1.93. The molecule has 0 spiro atoms. The van der Waals surface area contributed by atoms with Gasteiger partial charge >= 0.3 is 6.36 Å². The summed E-state index contributed by atoms with van der Waals surface area (Å²) in [6, 6.07) is 2.71. The van der Waals surface area contributed by atoms with Crippen LogP contribution in [0, 0.1) is 17.7 Å². The van der Waals surface area contributed by atoms with E-state index in [1.165, 1.54) is 0 Å². The van der Waals surface area contributed by atoms with Gasteiger partial charge in [0.2, 0.25) is 5.91 Å². The fourth-order valence-electron chi connectivity index (χ4n) is 1.02. The minimum absolute atomic E-state index is 0.114. The van der Waals surface area contributed by atoms with Crippen LogP contribution in [0.25, 0.3) is 0 Å². The lowest BCUT2D eigenvalue weighted by atomic mass is 10.2. The number of primary amides is 1. The molecule has 0 radical (unpaired) electrons. The van der Waals surface area contributed by atoms with Crippen LogP contribution in [0.15, 0.2) is 18.2 Å². The average Bonchev–Trinajstić information content (AvgIpc) is 2.19. The molecule has 0 aliphatic heterocycles. The first-order valence-electron chi connectivity index (χ1n) is 4.60. The van der Waals surface area contributed by atoms with Gasteiger partial charge in [0.05, 0.1) is 6.42 Å². The fraction of sp³-hybridized carbons (Fsp3) is 0.182. The molecule has 3 nitrogen and oxygen atoms in total. The lowest BCUT2D eigenvalue weighted by Gasteiger charge is -2.09. The summed E-state index contributed by atoms with van der Waals surface area (Å²) >= 11 is 0. The number of benzene rings is 1. The monoisotopic (exact) mass is 261 g/mol. The van der Waals surface area contributed by atoms with Gasteiger partial charge in [-0.05, 0) is 18.2 Å².